The first-order chi connectivity index (χ1) is 10.8. The highest BCUT2D eigenvalue weighted by Gasteiger charge is 2.69. The van der Waals surface area contributed by atoms with E-state index in [2.05, 4.69) is 63.7 Å². The quantitative estimate of drug-likeness (QED) is 0.450. The minimum absolute atomic E-state index is 0.0216. The lowest BCUT2D eigenvalue weighted by Crippen LogP contribution is -2.62. The summed E-state index contributed by atoms with van der Waals surface area (Å²) >= 11 is 14.3. The van der Waals surface area contributed by atoms with Crippen molar-refractivity contribution in [3.05, 3.63) is 0 Å². The first-order valence-corrected chi connectivity index (χ1v) is 11.3. The summed E-state index contributed by atoms with van der Waals surface area (Å²) in [4.78, 5) is 29.9. The lowest BCUT2D eigenvalue weighted by Gasteiger charge is -2.46. The van der Waals surface area contributed by atoms with E-state index < -0.39 is 10.8 Å². The summed E-state index contributed by atoms with van der Waals surface area (Å²) in [6, 6.07) is 0.0431. The highest BCUT2D eigenvalue weighted by atomic mass is 79.9. The van der Waals surface area contributed by atoms with Gasteiger partial charge < -0.3 is 9.80 Å². The van der Waals surface area contributed by atoms with Crippen LogP contribution in [0.1, 0.15) is 40.5 Å². The van der Waals surface area contributed by atoms with E-state index >= 15 is 0 Å². The van der Waals surface area contributed by atoms with Crippen molar-refractivity contribution in [3.63, 3.8) is 0 Å². The van der Waals surface area contributed by atoms with Crippen molar-refractivity contribution < 1.29 is 9.59 Å². The van der Waals surface area contributed by atoms with Crippen LogP contribution in [0.2, 0.25) is 0 Å². The molecule has 1 heterocycles. The van der Waals surface area contributed by atoms with Gasteiger partial charge in [0.2, 0.25) is 11.8 Å². The van der Waals surface area contributed by atoms with E-state index in [1.54, 1.807) is 0 Å². The molecule has 0 N–H and O–H groups in total. The average molecular weight is 594 g/mol. The van der Waals surface area contributed by atoms with E-state index in [1.165, 1.54) is 0 Å². The van der Waals surface area contributed by atoms with Gasteiger partial charge in [0.05, 0.1) is 17.3 Å². The zero-order valence-electron chi connectivity index (χ0n) is 14.2. The third-order valence-electron chi connectivity index (χ3n) is 5.97. The topological polar surface area (TPSA) is 40.6 Å². The van der Waals surface area contributed by atoms with Crippen LogP contribution >= 0.6 is 63.7 Å². The molecule has 3 rings (SSSR count). The summed E-state index contributed by atoms with van der Waals surface area (Å²) in [6.07, 6.45) is 1.57. The SMILES string of the molecule is C[C@@H]1CN(C(=O)[C@]2(C)CC2(Br)Br)[C@@H](C)CN1C(=O)[C@@]1(C)CC1(Br)Br. The molecule has 4 atom stereocenters. The van der Waals surface area contributed by atoms with E-state index in [1.807, 2.05) is 37.5 Å². The summed E-state index contributed by atoms with van der Waals surface area (Å²) in [5, 5.41) is 0. The molecule has 4 nitrogen and oxygen atoms in total. The third-order valence-corrected chi connectivity index (χ3v) is 10.6. The molecule has 0 bridgehead atoms. The Morgan fingerprint density at radius 2 is 1.04 bits per heavy atom. The largest absolute Gasteiger partial charge is 0.336 e. The molecule has 2 aliphatic carbocycles. The van der Waals surface area contributed by atoms with E-state index in [-0.39, 0.29) is 30.4 Å². The first-order valence-electron chi connectivity index (χ1n) is 8.15. The molecule has 1 saturated heterocycles. The summed E-state index contributed by atoms with van der Waals surface area (Å²) in [5.41, 5.74) is -0.812. The zero-order valence-corrected chi connectivity index (χ0v) is 20.5. The van der Waals surface area contributed by atoms with Gasteiger partial charge in [-0.25, -0.2) is 0 Å². The maximum atomic E-state index is 13.0. The molecular formula is C16H22Br4N2O2. The Balaban J connectivity index is 1.72. The molecule has 24 heavy (non-hydrogen) atoms. The van der Waals surface area contributed by atoms with Crippen molar-refractivity contribution in [2.45, 2.75) is 59.1 Å². The fourth-order valence-electron chi connectivity index (χ4n) is 3.59. The maximum Gasteiger partial charge on any atom is 0.231 e. The predicted molar refractivity (Wildman–Crippen MR) is 109 cm³/mol. The van der Waals surface area contributed by atoms with Crippen molar-refractivity contribution in [1.29, 1.82) is 0 Å². The number of carbonyl (C=O) groups is 2. The van der Waals surface area contributed by atoms with Crippen LogP contribution in [0.5, 0.6) is 0 Å². The van der Waals surface area contributed by atoms with E-state index in [0.29, 0.717) is 13.1 Å². The molecule has 0 unspecified atom stereocenters. The average Bonchev–Trinajstić information content (AvgIpc) is 3.19. The highest BCUT2D eigenvalue weighted by molar-refractivity contribution is 9.26. The number of alkyl halides is 4. The maximum absolute atomic E-state index is 13.0. The van der Waals surface area contributed by atoms with Crippen LogP contribution in [-0.4, -0.2) is 53.3 Å². The van der Waals surface area contributed by atoms with Gasteiger partial charge in [0.15, 0.2) is 0 Å². The Labute approximate surface area is 177 Å². The molecule has 136 valence electrons. The predicted octanol–water partition coefficient (Wildman–Crippen LogP) is 4.23. The fraction of sp³-hybridized carbons (Fsp3) is 0.875. The summed E-state index contributed by atoms with van der Waals surface area (Å²) < 4.78 is -0.569. The normalized spacial score (nSPS) is 42.7. The number of halogens is 4. The van der Waals surface area contributed by atoms with E-state index in [4.69, 9.17) is 0 Å². The Hall–Kier alpha value is 0.860. The van der Waals surface area contributed by atoms with Gasteiger partial charge >= 0.3 is 0 Å². The molecule has 0 radical (unpaired) electrons. The summed E-state index contributed by atoms with van der Waals surface area (Å²) in [5.74, 6) is 0.325. The van der Waals surface area contributed by atoms with Crippen LogP contribution in [0, 0.1) is 10.8 Å². The monoisotopic (exact) mass is 590 g/mol. The van der Waals surface area contributed by atoms with Gasteiger partial charge in [-0.2, -0.15) is 0 Å². The lowest BCUT2D eigenvalue weighted by atomic mass is 10.00. The van der Waals surface area contributed by atoms with Gasteiger partial charge in [-0.1, -0.05) is 63.7 Å². The van der Waals surface area contributed by atoms with Crippen molar-refractivity contribution in [1.82, 2.24) is 9.80 Å². The number of piperazine rings is 1. The molecule has 8 heteroatoms. The molecule has 0 aromatic heterocycles. The number of carbonyl (C=O) groups excluding carboxylic acids is 2. The van der Waals surface area contributed by atoms with Crippen LogP contribution in [0.3, 0.4) is 0 Å². The zero-order chi connectivity index (χ0) is 18.3. The highest BCUT2D eigenvalue weighted by Crippen LogP contribution is 2.68. The second kappa shape index (κ2) is 5.68. The van der Waals surface area contributed by atoms with Crippen molar-refractivity contribution in [2.75, 3.05) is 13.1 Å². The number of rotatable bonds is 2. The van der Waals surface area contributed by atoms with Gasteiger partial charge in [-0.3, -0.25) is 9.59 Å². The Kier molecular flexibility index (Phi) is 4.64. The third kappa shape index (κ3) is 2.76. The molecular weight excluding hydrogens is 572 g/mol. The second-order valence-corrected chi connectivity index (χ2v) is 15.6. The van der Waals surface area contributed by atoms with Gasteiger partial charge in [0.1, 0.15) is 0 Å². The Bertz CT molecular complexity index is 559. The second-order valence-electron chi connectivity index (χ2n) is 8.04. The van der Waals surface area contributed by atoms with Gasteiger partial charge in [0, 0.05) is 25.2 Å². The smallest absolute Gasteiger partial charge is 0.231 e. The van der Waals surface area contributed by atoms with Crippen LogP contribution in [0.4, 0.5) is 0 Å². The van der Waals surface area contributed by atoms with Crippen LogP contribution in [-0.2, 0) is 9.59 Å². The molecule has 3 fully saturated rings. The molecule has 0 aromatic rings. The fourth-order valence-corrected chi connectivity index (χ4v) is 6.51. The number of nitrogens with zero attached hydrogens (tertiary/aromatic N) is 2. The molecule has 3 aliphatic rings. The summed E-state index contributed by atoms with van der Waals surface area (Å²) in [7, 11) is 0. The van der Waals surface area contributed by atoms with Gasteiger partial charge in [0.25, 0.3) is 0 Å². The molecule has 0 spiro atoms. The van der Waals surface area contributed by atoms with Gasteiger partial charge in [-0.15, -0.1) is 0 Å². The molecule has 2 amide bonds. The first kappa shape index (κ1) is 19.6. The van der Waals surface area contributed by atoms with Gasteiger partial charge in [-0.05, 0) is 40.5 Å². The van der Waals surface area contributed by atoms with Crippen LogP contribution < -0.4 is 0 Å². The van der Waals surface area contributed by atoms with E-state index in [9.17, 15) is 9.59 Å². The Morgan fingerprint density at radius 3 is 1.25 bits per heavy atom. The lowest BCUT2D eigenvalue weighted by molar-refractivity contribution is -0.151. The number of amides is 2. The standard InChI is InChI=1S/C16H22Br4N2O2/c1-9-5-22(12(24)14(4)8-16(14,19)20)10(2)6-21(9)11(23)13(3)7-15(13,17)18/h9-10H,5-8H2,1-4H3/t9-,10+,13-,14+. The summed E-state index contributed by atoms with van der Waals surface area (Å²) in [6.45, 7) is 9.22. The number of hydrogen-bond donors (Lipinski definition) is 0. The van der Waals surface area contributed by atoms with Crippen molar-refractivity contribution in [2.24, 2.45) is 10.8 Å². The van der Waals surface area contributed by atoms with Crippen molar-refractivity contribution >= 4 is 75.5 Å². The Morgan fingerprint density at radius 1 is 0.792 bits per heavy atom. The molecule has 1 aliphatic heterocycles. The minimum atomic E-state index is -0.406. The molecule has 2 saturated carbocycles. The van der Waals surface area contributed by atoms with Crippen LogP contribution in [0.25, 0.3) is 0 Å². The van der Waals surface area contributed by atoms with E-state index in [0.717, 1.165) is 12.8 Å². The van der Waals surface area contributed by atoms with Crippen molar-refractivity contribution in [3.8, 4) is 0 Å². The van der Waals surface area contributed by atoms with Crippen LogP contribution in [0.15, 0.2) is 0 Å². The minimum Gasteiger partial charge on any atom is -0.336 e. The number of hydrogen-bond acceptors (Lipinski definition) is 2. The molecule has 0 aromatic carbocycles.